The molecule has 0 unspecified atom stereocenters. The van der Waals surface area contributed by atoms with E-state index in [0.717, 1.165) is 7.11 Å². The first-order chi connectivity index (χ1) is 3.64. The number of carbonyl (C=O) groups is 1. The second kappa shape index (κ2) is 10.6. The predicted octanol–water partition coefficient (Wildman–Crippen LogP) is -1.15. The summed E-state index contributed by atoms with van der Waals surface area (Å²) < 4.78 is 0. The maximum absolute atomic E-state index is 9.80. The van der Waals surface area contributed by atoms with E-state index in [1.54, 1.807) is 6.92 Å². The van der Waals surface area contributed by atoms with Crippen molar-refractivity contribution in [2.45, 2.75) is 13.0 Å². The molecule has 5 heteroatoms. The van der Waals surface area contributed by atoms with E-state index in [2.05, 4.69) is 5.73 Å². The first-order valence-electron chi connectivity index (χ1n) is 2.14. The number of primary amides is 1. The fourth-order valence-electron chi connectivity index (χ4n) is 0. The molecule has 0 spiro atoms. The molecule has 0 aliphatic carbocycles. The Bertz CT molecular complexity index is 67.6. The Kier molecular flexibility index (Phi) is 18.7. The molecule has 0 aromatic rings. The van der Waals surface area contributed by atoms with Crippen molar-refractivity contribution in [3.8, 4) is 0 Å². The summed E-state index contributed by atoms with van der Waals surface area (Å²) in [5.41, 5.74) is 9.63. The first-order valence-corrected chi connectivity index (χ1v) is 2.14. The summed E-state index contributed by atoms with van der Waals surface area (Å²) in [6.07, 6.45) is 0. The number of hydrogen-bond acceptors (Lipinski definition) is 3. The zero-order valence-electron chi connectivity index (χ0n) is 5.50. The fraction of sp³-hybridized carbons (Fsp3) is 0.750. The van der Waals surface area contributed by atoms with Crippen molar-refractivity contribution >= 4 is 18.3 Å². The number of rotatable bonds is 1. The molecule has 0 aliphatic rings. The zero-order chi connectivity index (χ0) is 7.15. The maximum atomic E-state index is 9.80. The van der Waals surface area contributed by atoms with Crippen molar-refractivity contribution in [3.63, 3.8) is 0 Å². The highest BCUT2D eigenvalue weighted by Crippen LogP contribution is 1.64. The molecule has 0 heterocycles. The quantitative estimate of drug-likeness (QED) is 0.448. The van der Waals surface area contributed by atoms with Gasteiger partial charge in [0.15, 0.2) is 0 Å². The van der Waals surface area contributed by atoms with Gasteiger partial charge >= 0.3 is 0 Å². The third-order valence-electron chi connectivity index (χ3n) is 0.449. The highest BCUT2D eigenvalue weighted by Gasteiger charge is 1.96. The number of hydrogen-bond donors (Lipinski definition) is 3. The van der Waals surface area contributed by atoms with Gasteiger partial charge in [0.1, 0.15) is 0 Å². The van der Waals surface area contributed by atoms with Crippen molar-refractivity contribution in [1.29, 1.82) is 0 Å². The number of aliphatic hydroxyl groups is 1. The third kappa shape index (κ3) is 18.3. The second-order valence-corrected chi connectivity index (χ2v) is 1.19. The van der Waals surface area contributed by atoms with Crippen LogP contribution in [0, 0.1) is 0 Å². The van der Waals surface area contributed by atoms with Crippen LogP contribution in [0.15, 0.2) is 0 Å². The standard InChI is InChI=1S/C3H8N2O.CH4O.ClH/c1-2(4)3(5)6;1-2;/h2H,4H2,1H3,(H2,5,6);2H,1H3;1H/t2-;;/m0../s1. The van der Waals surface area contributed by atoms with E-state index in [1.807, 2.05) is 0 Å². The van der Waals surface area contributed by atoms with E-state index in [-0.39, 0.29) is 12.4 Å². The average molecular weight is 157 g/mol. The Morgan fingerprint density at radius 3 is 1.67 bits per heavy atom. The van der Waals surface area contributed by atoms with Gasteiger partial charge in [0.25, 0.3) is 0 Å². The van der Waals surface area contributed by atoms with Crippen LogP contribution in [0.1, 0.15) is 6.92 Å². The molecule has 4 nitrogen and oxygen atoms in total. The summed E-state index contributed by atoms with van der Waals surface area (Å²) in [6, 6.07) is -0.509. The number of carbonyl (C=O) groups excluding carboxylic acids is 1. The van der Waals surface area contributed by atoms with Gasteiger partial charge in [0.05, 0.1) is 6.04 Å². The maximum Gasteiger partial charge on any atom is 0.234 e. The summed E-state index contributed by atoms with van der Waals surface area (Å²) in [6.45, 7) is 1.54. The Balaban J connectivity index is -0.000000109. The number of nitrogens with two attached hydrogens (primary N) is 2. The van der Waals surface area contributed by atoms with Crippen LogP contribution in [0.4, 0.5) is 0 Å². The van der Waals surface area contributed by atoms with Crippen LogP contribution in [0.3, 0.4) is 0 Å². The van der Waals surface area contributed by atoms with Crippen molar-refractivity contribution in [2.24, 2.45) is 11.5 Å². The summed E-state index contributed by atoms with van der Waals surface area (Å²) in [5, 5.41) is 7.00. The SMILES string of the molecule is CO.C[C@H](N)C(N)=O.Cl. The highest BCUT2D eigenvalue weighted by molar-refractivity contribution is 5.85. The van der Waals surface area contributed by atoms with Crippen LogP contribution in [0.2, 0.25) is 0 Å². The number of halogens is 1. The molecular formula is C4H13ClN2O2. The molecule has 0 radical (unpaired) electrons. The normalized spacial score (nSPS) is 9.78. The predicted molar refractivity (Wildman–Crippen MR) is 38.2 cm³/mol. The van der Waals surface area contributed by atoms with Crippen LogP contribution in [-0.2, 0) is 4.79 Å². The smallest absolute Gasteiger partial charge is 0.234 e. The molecule has 0 aromatic carbocycles. The van der Waals surface area contributed by atoms with Crippen molar-refractivity contribution in [3.05, 3.63) is 0 Å². The van der Waals surface area contributed by atoms with Gasteiger partial charge in [-0.25, -0.2) is 0 Å². The molecule has 1 amide bonds. The lowest BCUT2D eigenvalue weighted by Crippen LogP contribution is -2.32. The molecule has 0 aliphatic heterocycles. The molecular weight excluding hydrogens is 144 g/mol. The fourth-order valence-corrected chi connectivity index (χ4v) is 0. The summed E-state index contributed by atoms with van der Waals surface area (Å²) in [4.78, 5) is 9.80. The van der Waals surface area contributed by atoms with Gasteiger partial charge in [-0.3, -0.25) is 4.79 Å². The Morgan fingerprint density at radius 2 is 1.67 bits per heavy atom. The Morgan fingerprint density at radius 1 is 1.56 bits per heavy atom. The lowest BCUT2D eigenvalue weighted by atomic mass is 10.4. The van der Waals surface area contributed by atoms with E-state index < -0.39 is 11.9 Å². The van der Waals surface area contributed by atoms with Crippen LogP contribution in [0.5, 0.6) is 0 Å². The molecule has 0 saturated heterocycles. The number of amides is 1. The topological polar surface area (TPSA) is 89.3 Å². The van der Waals surface area contributed by atoms with E-state index in [1.165, 1.54) is 0 Å². The molecule has 0 fully saturated rings. The minimum atomic E-state index is -0.509. The monoisotopic (exact) mass is 156 g/mol. The molecule has 0 bridgehead atoms. The van der Waals surface area contributed by atoms with Gasteiger partial charge < -0.3 is 16.6 Å². The van der Waals surface area contributed by atoms with E-state index >= 15 is 0 Å². The van der Waals surface area contributed by atoms with E-state index in [4.69, 9.17) is 10.8 Å². The van der Waals surface area contributed by atoms with Crippen molar-refractivity contribution in [1.82, 2.24) is 0 Å². The minimum absolute atomic E-state index is 0. The van der Waals surface area contributed by atoms with Crippen LogP contribution >= 0.6 is 12.4 Å². The summed E-state index contributed by atoms with van der Waals surface area (Å²) >= 11 is 0. The first kappa shape index (κ1) is 15.9. The lowest BCUT2D eigenvalue weighted by Gasteiger charge is -1.91. The highest BCUT2D eigenvalue weighted by atomic mass is 35.5. The van der Waals surface area contributed by atoms with Gasteiger partial charge in [-0.05, 0) is 6.92 Å². The van der Waals surface area contributed by atoms with Crippen LogP contribution < -0.4 is 11.5 Å². The molecule has 1 atom stereocenters. The molecule has 9 heavy (non-hydrogen) atoms. The second-order valence-electron chi connectivity index (χ2n) is 1.19. The molecule has 5 N–H and O–H groups in total. The Hall–Kier alpha value is -0.320. The third-order valence-corrected chi connectivity index (χ3v) is 0.449. The van der Waals surface area contributed by atoms with Gasteiger partial charge in [0, 0.05) is 7.11 Å². The zero-order valence-corrected chi connectivity index (χ0v) is 6.31. The van der Waals surface area contributed by atoms with Gasteiger partial charge in [0.2, 0.25) is 5.91 Å². The van der Waals surface area contributed by atoms with Gasteiger partial charge in [-0.1, -0.05) is 0 Å². The van der Waals surface area contributed by atoms with Crippen LogP contribution in [-0.4, -0.2) is 24.2 Å². The minimum Gasteiger partial charge on any atom is -0.400 e. The largest absolute Gasteiger partial charge is 0.400 e. The van der Waals surface area contributed by atoms with Gasteiger partial charge in [-0.15, -0.1) is 12.4 Å². The molecule has 0 aromatic heterocycles. The number of aliphatic hydroxyl groups excluding tert-OH is 1. The van der Waals surface area contributed by atoms with Crippen molar-refractivity contribution in [2.75, 3.05) is 7.11 Å². The average Bonchev–Trinajstić information content (AvgIpc) is 1.72. The van der Waals surface area contributed by atoms with Crippen molar-refractivity contribution < 1.29 is 9.90 Å². The summed E-state index contributed by atoms with van der Waals surface area (Å²) in [5.74, 6) is -0.463. The lowest BCUT2D eigenvalue weighted by molar-refractivity contribution is -0.118. The molecule has 0 rings (SSSR count). The summed E-state index contributed by atoms with van der Waals surface area (Å²) in [7, 11) is 1.00. The van der Waals surface area contributed by atoms with Crippen LogP contribution in [0.25, 0.3) is 0 Å². The molecule has 58 valence electrons. The van der Waals surface area contributed by atoms with E-state index in [9.17, 15) is 4.79 Å². The van der Waals surface area contributed by atoms with E-state index in [0.29, 0.717) is 0 Å². The molecule has 0 saturated carbocycles. The van der Waals surface area contributed by atoms with Gasteiger partial charge in [-0.2, -0.15) is 0 Å². The Labute approximate surface area is 60.6 Å².